The van der Waals surface area contributed by atoms with E-state index in [1.54, 1.807) is 0 Å². The van der Waals surface area contributed by atoms with Crippen molar-refractivity contribution in [2.24, 2.45) is 5.92 Å². The molecule has 0 bridgehead atoms. The summed E-state index contributed by atoms with van der Waals surface area (Å²) in [5.41, 5.74) is 5.50. The smallest absolute Gasteiger partial charge is 0.119 e. The Balaban J connectivity index is 1.44. The lowest BCUT2D eigenvalue weighted by Crippen LogP contribution is -2.35. The summed E-state index contributed by atoms with van der Waals surface area (Å²) >= 11 is 0. The van der Waals surface area contributed by atoms with Crippen LogP contribution in [0.5, 0.6) is 5.75 Å². The molecule has 0 amide bonds. The van der Waals surface area contributed by atoms with Crippen molar-refractivity contribution in [1.29, 1.82) is 0 Å². The monoisotopic (exact) mass is 387 g/mol. The Kier molecular flexibility index (Phi) is 6.20. The van der Waals surface area contributed by atoms with Gasteiger partial charge in [0.25, 0.3) is 0 Å². The van der Waals surface area contributed by atoms with Gasteiger partial charge in [0, 0.05) is 18.5 Å². The third kappa shape index (κ3) is 4.64. The Morgan fingerprint density at radius 1 is 1.07 bits per heavy atom. The summed E-state index contributed by atoms with van der Waals surface area (Å²) in [6, 6.07) is 20.0. The Hall–Kier alpha value is -2.32. The Morgan fingerprint density at radius 3 is 2.52 bits per heavy atom. The van der Waals surface area contributed by atoms with E-state index in [1.165, 1.54) is 41.8 Å². The van der Waals surface area contributed by atoms with Gasteiger partial charge < -0.3 is 4.74 Å². The second kappa shape index (κ2) is 9.00. The number of ether oxygens (including phenoxy) is 1. The fourth-order valence-corrected chi connectivity index (χ4v) is 4.70. The third-order valence-corrected chi connectivity index (χ3v) is 6.45. The second-order valence-corrected chi connectivity index (χ2v) is 8.77. The highest BCUT2D eigenvalue weighted by Crippen LogP contribution is 2.40. The maximum atomic E-state index is 6.12. The lowest BCUT2D eigenvalue weighted by molar-refractivity contribution is 0.169. The van der Waals surface area contributed by atoms with Crippen molar-refractivity contribution in [3.63, 3.8) is 0 Å². The molecule has 0 radical (unpaired) electrons. The first-order valence-corrected chi connectivity index (χ1v) is 11.0. The Bertz CT molecular complexity index is 865. The van der Waals surface area contributed by atoms with Gasteiger partial charge >= 0.3 is 0 Å². The van der Waals surface area contributed by atoms with Crippen LogP contribution in [0.15, 0.2) is 72.3 Å². The zero-order chi connectivity index (χ0) is 20.2. The van der Waals surface area contributed by atoms with Crippen LogP contribution in [0.2, 0.25) is 0 Å². The molecule has 2 aliphatic rings. The van der Waals surface area contributed by atoms with E-state index in [1.807, 2.05) is 0 Å². The van der Waals surface area contributed by atoms with Crippen molar-refractivity contribution in [2.45, 2.75) is 45.6 Å². The first-order valence-electron chi connectivity index (χ1n) is 11.0. The van der Waals surface area contributed by atoms with Gasteiger partial charge in [0.2, 0.25) is 0 Å². The van der Waals surface area contributed by atoms with Gasteiger partial charge in [-0.15, -0.1) is 0 Å². The van der Waals surface area contributed by atoms with Crippen molar-refractivity contribution in [1.82, 2.24) is 4.90 Å². The fraction of sp³-hybridized carbons (Fsp3) is 0.407. The minimum absolute atomic E-state index is 0.404. The van der Waals surface area contributed by atoms with Crippen molar-refractivity contribution in [2.75, 3.05) is 19.7 Å². The van der Waals surface area contributed by atoms with E-state index in [0.29, 0.717) is 12.0 Å². The summed E-state index contributed by atoms with van der Waals surface area (Å²) in [6.07, 6.45) is 6.92. The molecule has 0 aromatic heterocycles. The predicted molar refractivity (Wildman–Crippen MR) is 122 cm³/mol. The molecule has 1 fully saturated rings. The number of likely N-dealkylation sites (tertiary alicyclic amines) is 1. The van der Waals surface area contributed by atoms with Gasteiger partial charge in [-0.3, -0.25) is 4.90 Å². The van der Waals surface area contributed by atoms with Crippen LogP contribution < -0.4 is 4.74 Å². The van der Waals surface area contributed by atoms with E-state index < -0.39 is 0 Å². The summed E-state index contributed by atoms with van der Waals surface area (Å²) in [5, 5.41) is 0. The van der Waals surface area contributed by atoms with Crippen LogP contribution >= 0.6 is 0 Å². The normalized spacial score (nSPS) is 23.4. The molecule has 2 heteroatoms. The molecule has 2 nitrogen and oxygen atoms in total. The summed E-state index contributed by atoms with van der Waals surface area (Å²) < 4.78 is 6.12. The number of rotatable bonds is 6. The summed E-state index contributed by atoms with van der Waals surface area (Å²) in [6.45, 7) is 10.0. The highest BCUT2D eigenvalue weighted by atomic mass is 16.5. The molecule has 4 rings (SSSR count). The van der Waals surface area contributed by atoms with E-state index in [9.17, 15) is 0 Å². The number of benzene rings is 2. The molecule has 152 valence electrons. The van der Waals surface area contributed by atoms with Crippen LogP contribution in [-0.4, -0.2) is 30.6 Å². The maximum absolute atomic E-state index is 6.12. The van der Waals surface area contributed by atoms with Crippen LogP contribution in [0.25, 0.3) is 5.57 Å². The molecule has 0 saturated carbocycles. The highest BCUT2D eigenvalue weighted by Gasteiger charge is 2.24. The van der Waals surface area contributed by atoms with Crippen molar-refractivity contribution in [3.05, 3.63) is 83.4 Å². The first-order chi connectivity index (χ1) is 14.1. The van der Waals surface area contributed by atoms with Gasteiger partial charge in [-0.25, -0.2) is 0 Å². The van der Waals surface area contributed by atoms with Crippen LogP contribution in [0.4, 0.5) is 0 Å². The molecule has 3 atom stereocenters. The van der Waals surface area contributed by atoms with E-state index in [-0.39, 0.29) is 0 Å². The van der Waals surface area contributed by atoms with Crippen molar-refractivity contribution in [3.8, 4) is 5.75 Å². The quantitative estimate of drug-likeness (QED) is 0.575. The minimum atomic E-state index is 0.404. The van der Waals surface area contributed by atoms with Gasteiger partial charge in [-0.1, -0.05) is 61.5 Å². The summed E-state index contributed by atoms with van der Waals surface area (Å²) in [7, 11) is 0. The van der Waals surface area contributed by atoms with Gasteiger partial charge in [0.15, 0.2) is 0 Å². The SMILES string of the molecule is CC1=C(c2ccccc2)C(c2ccc(OC[C@H](C)N3CC[C@@H](C)C3)cc2)CC=C1. The molecule has 1 heterocycles. The molecule has 29 heavy (non-hydrogen) atoms. The topological polar surface area (TPSA) is 12.5 Å². The largest absolute Gasteiger partial charge is 0.492 e. The van der Waals surface area contributed by atoms with Gasteiger partial charge in [-0.05, 0) is 73.6 Å². The average molecular weight is 388 g/mol. The number of hydrogen-bond acceptors (Lipinski definition) is 2. The first kappa shape index (κ1) is 20.0. The lowest BCUT2D eigenvalue weighted by atomic mass is 9.79. The molecular weight excluding hydrogens is 354 g/mol. The predicted octanol–water partition coefficient (Wildman–Crippen LogP) is 6.31. The molecular formula is C27H33NO. The molecule has 0 spiro atoms. The summed E-state index contributed by atoms with van der Waals surface area (Å²) in [5.74, 6) is 2.19. The van der Waals surface area contributed by atoms with Crippen LogP contribution in [0.3, 0.4) is 0 Å². The molecule has 1 saturated heterocycles. The zero-order valence-electron chi connectivity index (χ0n) is 18.0. The molecule has 1 aliphatic heterocycles. The Labute approximate surface area is 175 Å². The Morgan fingerprint density at radius 2 is 1.83 bits per heavy atom. The van der Waals surface area contributed by atoms with Crippen LogP contribution in [0.1, 0.15) is 50.7 Å². The second-order valence-electron chi connectivity index (χ2n) is 8.77. The molecule has 0 N–H and O–H groups in total. The minimum Gasteiger partial charge on any atom is -0.492 e. The average Bonchev–Trinajstić information content (AvgIpc) is 3.19. The third-order valence-electron chi connectivity index (χ3n) is 6.45. The van der Waals surface area contributed by atoms with Gasteiger partial charge in [-0.2, -0.15) is 0 Å². The van der Waals surface area contributed by atoms with Crippen molar-refractivity contribution >= 4 is 5.57 Å². The van der Waals surface area contributed by atoms with E-state index >= 15 is 0 Å². The van der Waals surface area contributed by atoms with Crippen LogP contribution in [-0.2, 0) is 0 Å². The maximum Gasteiger partial charge on any atom is 0.119 e. The zero-order valence-corrected chi connectivity index (χ0v) is 18.0. The van der Waals surface area contributed by atoms with E-state index in [4.69, 9.17) is 4.74 Å². The molecule has 2 aromatic rings. The van der Waals surface area contributed by atoms with Crippen molar-refractivity contribution < 1.29 is 4.74 Å². The lowest BCUT2D eigenvalue weighted by Gasteiger charge is -2.26. The number of hydrogen-bond donors (Lipinski definition) is 0. The van der Waals surface area contributed by atoms with Gasteiger partial charge in [0.05, 0.1) is 0 Å². The summed E-state index contributed by atoms with van der Waals surface area (Å²) in [4.78, 5) is 2.55. The van der Waals surface area contributed by atoms with Gasteiger partial charge in [0.1, 0.15) is 12.4 Å². The highest BCUT2D eigenvalue weighted by molar-refractivity contribution is 5.77. The fourth-order valence-electron chi connectivity index (χ4n) is 4.70. The molecule has 1 unspecified atom stereocenters. The molecule has 2 aromatic carbocycles. The van der Waals surface area contributed by atoms with E-state index in [0.717, 1.165) is 24.7 Å². The van der Waals surface area contributed by atoms with E-state index in [2.05, 4.69) is 92.4 Å². The number of nitrogens with zero attached hydrogens (tertiary/aromatic N) is 1. The number of allylic oxidation sites excluding steroid dienone is 4. The molecule has 1 aliphatic carbocycles. The standard InChI is InChI=1S/C27H33NO/c1-20-16-17-28(18-20)22(3)19-29-25-14-12-23(13-15-25)26-11-7-8-21(2)27(26)24-9-5-4-6-10-24/h4-10,12-15,20,22,26H,11,16-19H2,1-3H3/t20-,22+,26?/m1/s1. The van der Waals surface area contributed by atoms with Crippen LogP contribution in [0, 0.1) is 5.92 Å².